The van der Waals surface area contributed by atoms with Crippen LogP contribution in [-0.4, -0.2) is 0 Å². The van der Waals surface area contributed by atoms with Crippen LogP contribution >= 0.6 is 77.0 Å². The summed E-state index contributed by atoms with van der Waals surface area (Å²) in [5, 5.41) is 0. The Morgan fingerprint density at radius 2 is 0.900 bits per heavy atom. The number of hydrogen-bond acceptors (Lipinski definition) is 0. The summed E-state index contributed by atoms with van der Waals surface area (Å²) in [5.74, 6) is 0. The first-order valence-corrected chi connectivity index (χ1v) is 9.81. The van der Waals surface area contributed by atoms with Crippen molar-refractivity contribution in [3.63, 3.8) is 0 Å². The minimum absolute atomic E-state index is 1.17. The second kappa shape index (κ2) is 8.48. The van der Waals surface area contributed by atoms with Crippen LogP contribution in [0.25, 0.3) is 0 Å². The molecule has 0 saturated heterocycles. The highest BCUT2D eigenvalue weighted by Crippen LogP contribution is 2.24. The molecule has 0 aliphatic carbocycles. The Kier molecular flexibility index (Phi) is 8.02. The smallest absolute Gasteiger partial charge is 0.0207 e. The van der Waals surface area contributed by atoms with E-state index in [0.29, 0.717) is 0 Å². The van der Waals surface area contributed by atoms with E-state index in [4.69, 9.17) is 0 Å². The molecule has 20 heavy (non-hydrogen) atoms. The van der Waals surface area contributed by atoms with Crippen LogP contribution in [0.15, 0.2) is 33.2 Å². The molecule has 0 fully saturated rings. The zero-order valence-electron chi connectivity index (χ0n) is 11.8. The molecule has 0 aliphatic rings. The quantitative estimate of drug-likeness (QED) is 0.270. The van der Waals surface area contributed by atoms with Gasteiger partial charge in [-0.25, -0.2) is 0 Å². The Morgan fingerprint density at radius 3 is 1.20 bits per heavy atom. The number of aryl methyl sites for hydroxylation is 4. The molecule has 0 spiro atoms. The monoisotopic (exact) mass is 620 g/mol. The van der Waals surface area contributed by atoms with Crippen LogP contribution in [0, 0.1) is 34.8 Å². The molecular formula is C16H16Br2I2. The lowest BCUT2D eigenvalue weighted by molar-refractivity contribution is 1.33. The van der Waals surface area contributed by atoms with Crippen molar-refractivity contribution in [2.75, 3.05) is 0 Å². The van der Waals surface area contributed by atoms with Crippen molar-refractivity contribution in [2.24, 2.45) is 0 Å². The molecule has 2 rings (SSSR count). The molecular weight excluding hydrogens is 606 g/mol. The van der Waals surface area contributed by atoms with Gasteiger partial charge in [0.1, 0.15) is 0 Å². The van der Waals surface area contributed by atoms with Gasteiger partial charge in [0.15, 0.2) is 0 Å². The van der Waals surface area contributed by atoms with Gasteiger partial charge in [0, 0.05) is 16.1 Å². The van der Waals surface area contributed by atoms with Crippen LogP contribution in [0.5, 0.6) is 0 Å². The minimum Gasteiger partial charge on any atom is -0.0505 e. The molecule has 0 N–H and O–H groups in total. The van der Waals surface area contributed by atoms with E-state index in [9.17, 15) is 0 Å². The predicted molar refractivity (Wildman–Crippen MR) is 113 cm³/mol. The summed E-state index contributed by atoms with van der Waals surface area (Å²) in [6.07, 6.45) is 0. The fraction of sp³-hybridized carbons (Fsp3) is 0.250. The molecule has 0 unspecified atom stereocenters. The van der Waals surface area contributed by atoms with E-state index in [1.165, 1.54) is 38.3 Å². The van der Waals surface area contributed by atoms with Crippen LogP contribution in [0.4, 0.5) is 0 Å². The Morgan fingerprint density at radius 1 is 0.600 bits per heavy atom. The standard InChI is InChI=1S/C8H8Br2.C8H8I2/c2*1-5-3-8(10)6(2)4-7(5)9/h2*3-4H,1-2H3. The molecule has 2 aromatic carbocycles. The van der Waals surface area contributed by atoms with Gasteiger partial charge in [-0.15, -0.1) is 0 Å². The first-order valence-electron chi connectivity index (χ1n) is 6.07. The summed E-state index contributed by atoms with van der Waals surface area (Å²) in [5.41, 5.74) is 5.26. The highest BCUT2D eigenvalue weighted by Gasteiger charge is 1.98. The second-order valence-corrected chi connectivity index (χ2v) is 8.73. The highest BCUT2D eigenvalue weighted by molar-refractivity contribution is 14.1. The van der Waals surface area contributed by atoms with Gasteiger partial charge < -0.3 is 0 Å². The van der Waals surface area contributed by atoms with Crippen molar-refractivity contribution in [2.45, 2.75) is 27.7 Å². The maximum absolute atomic E-state index is 3.46. The van der Waals surface area contributed by atoms with E-state index < -0.39 is 0 Å². The van der Waals surface area contributed by atoms with Crippen LogP contribution in [-0.2, 0) is 0 Å². The first kappa shape index (κ1) is 18.9. The Labute approximate surface area is 165 Å². The average Bonchev–Trinajstić information content (AvgIpc) is 2.35. The number of hydrogen-bond donors (Lipinski definition) is 0. The van der Waals surface area contributed by atoms with Gasteiger partial charge in [-0.2, -0.15) is 0 Å². The molecule has 0 aliphatic heterocycles. The molecule has 2 aromatic rings. The van der Waals surface area contributed by atoms with Gasteiger partial charge >= 0.3 is 0 Å². The van der Waals surface area contributed by atoms with Gasteiger partial charge in [0.2, 0.25) is 0 Å². The molecule has 4 heteroatoms. The van der Waals surface area contributed by atoms with Crippen molar-refractivity contribution < 1.29 is 0 Å². The third kappa shape index (κ3) is 5.57. The Balaban J connectivity index is 0.000000200. The van der Waals surface area contributed by atoms with Gasteiger partial charge in [0.25, 0.3) is 0 Å². The molecule has 0 nitrogen and oxygen atoms in total. The third-order valence-corrected chi connectivity index (χ3v) is 6.91. The molecule has 0 aromatic heterocycles. The molecule has 0 radical (unpaired) electrons. The lowest BCUT2D eigenvalue weighted by Gasteiger charge is -2.01. The van der Waals surface area contributed by atoms with E-state index in [2.05, 4.69) is 129 Å². The number of halogens is 4. The van der Waals surface area contributed by atoms with Crippen LogP contribution in [0.1, 0.15) is 22.3 Å². The fourth-order valence-electron chi connectivity index (χ4n) is 1.49. The van der Waals surface area contributed by atoms with Crippen molar-refractivity contribution in [1.82, 2.24) is 0 Å². The SMILES string of the molecule is Cc1cc(Br)c(C)cc1Br.Cc1cc(I)c(C)cc1I. The summed E-state index contributed by atoms with van der Waals surface area (Å²) in [7, 11) is 0. The second-order valence-electron chi connectivity index (χ2n) is 4.70. The van der Waals surface area contributed by atoms with Crippen molar-refractivity contribution >= 4 is 77.0 Å². The summed E-state index contributed by atoms with van der Waals surface area (Å²) in [6.45, 7) is 8.44. The van der Waals surface area contributed by atoms with E-state index in [0.717, 1.165) is 0 Å². The number of rotatable bonds is 0. The van der Waals surface area contributed by atoms with Gasteiger partial charge in [-0.1, -0.05) is 31.9 Å². The summed E-state index contributed by atoms with van der Waals surface area (Å²) in [6, 6.07) is 8.66. The zero-order valence-corrected chi connectivity index (χ0v) is 19.3. The molecule has 0 amide bonds. The number of benzene rings is 2. The van der Waals surface area contributed by atoms with E-state index in [1.54, 1.807) is 0 Å². The molecule has 108 valence electrons. The van der Waals surface area contributed by atoms with Crippen molar-refractivity contribution in [1.29, 1.82) is 0 Å². The Hall–Kier alpha value is 0.860. The fourth-order valence-corrected chi connectivity index (χ4v) is 3.65. The van der Waals surface area contributed by atoms with Crippen molar-refractivity contribution in [3.05, 3.63) is 62.6 Å². The zero-order chi connectivity index (χ0) is 15.4. The topological polar surface area (TPSA) is 0 Å². The molecule has 0 atom stereocenters. The lowest BCUT2D eigenvalue weighted by atomic mass is 10.2. The normalized spacial score (nSPS) is 10.0. The summed E-state index contributed by atoms with van der Waals surface area (Å²) < 4.78 is 5.06. The van der Waals surface area contributed by atoms with Crippen molar-refractivity contribution in [3.8, 4) is 0 Å². The van der Waals surface area contributed by atoms with Gasteiger partial charge in [-0.3, -0.25) is 0 Å². The lowest BCUT2D eigenvalue weighted by Crippen LogP contribution is -1.85. The highest BCUT2D eigenvalue weighted by atomic mass is 127. The minimum atomic E-state index is 1.17. The maximum Gasteiger partial charge on any atom is 0.0207 e. The predicted octanol–water partition coefficient (Wildman–Crippen LogP) is 7.34. The van der Waals surface area contributed by atoms with Crippen LogP contribution < -0.4 is 0 Å². The van der Waals surface area contributed by atoms with E-state index in [-0.39, 0.29) is 0 Å². The third-order valence-electron chi connectivity index (χ3n) is 2.88. The maximum atomic E-state index is 3.46. The average molecular weight is 622 g/mol. The largest absolute Gasteiger partial charge is 0.0505 e. The van der Waals surface area contributed by atoms with E-state index in [1.807, 2.05) is 0 Å². The molecule has 0 saturated carbocycles. The summed E-state index contributed by atoms with van der Waals surface area (Å²) in [4.78, 5) is 0. The van der Waals surface area contributed by atoms with Gasteiger partial charge in [0.05, 0.1) is 0 Å². The first-order chi connectivity index (χ1) is 9.22. The molecule has 0 bridgehead atoms. The van der Waals surface area contributed by atoms with E-state index >= 15 is 0 Å². The van der Waals surface area contributed by atoms with Gasteiger partial charge in [-0.05, 0) is 119 Å². The Bertz CT molecular complexity index is 466. The van der Waals surface area contributed by atoms with Crippen LogP contribution in [0.2, 0.25) is 0 Å². The van der Waals surface area contributed by atoms with Crippen LogP contribution in [0.3, 0.4) is 0 Å². The molecule has 0 heterocycles. The summed E-state index contributed by atoms with van der Waals surface area (Å²) >= 11 is 11.6.